The van der Waals surface area contributed by atoms with E-state index in [9.17, 15) is 9.18 Å². The van der Waals surface area contributed by atoms with Gasteiger partial charge in [0, 0.05) is 6.04 Å². The van der Waals surface area contributed by atoms with Crippen LogP contribution in [0, 0.1) is 5.82 Å². The van der Waals surface area contributed by atoms with Crippen molar-refractivity contribution in [2.75, 3.05) is 5.75 Å². The topological polar surface area (TPSA) is 59.8 Å². The maximum atomic E-state index is 14.3. The van der Waals surface area contributed by atoms with Crippen LogP contribution in [0.15, 0.2) is 71.9 Å². The first-order valence-corrected chi connectivity index (χ1v) is 11.7. The van der Waals surface area contributed by atoms with Crippen LogP contribution >= 0.6 is 11.8 Å². The van der Waals surface area contributed by atoms with Crippen LogP contribution in [0.2, 0.25) is 0 Å². The van der Waals surface area contributed by atoms with Crippen LogP contribution in [0.4, 0.5) is 4.39 Å². The molecule has 1 aromatic heterocycles. The lowest BCUT2D eigenvalue weighted by Crippen LogP contribution is -2.28. The van der Waals surface area contributed by atoms with Gasteiger partial charge < -0.3 is 5.32 Å². The number of aromatic nitrogens is 3. The van der Waals surface area contributed by atoms with Crippen LogP contribution in [-0.2, 0) is 4.79 Å². The highest BCUT2D eigenvalue weighted by molar-refractivity contribution is 7.99. The van der Waals surface area contributed by atoms with E-state index in [0.717, 1.165) is 29.2 Å². The summed E-state index contributed by atoms with van der Waals surface area (Å²) in [6.45, 7) is 1.99. The number of hydrogen-bond donors (Lipinski definition) is 1. The zero-order valence-corrected chi connectivity index (χ0v) is 18.5. The summed E-state index contributed by atoms with van der Waals surface area (Å²) >= 11 is 1.34. The Hall–Kier alpha value is -3.19. The monoisotopic (exact) mass is 446 g/mol. The van der Waals surface area contributed by atoms with Gasteiger partial charge in [-0.3, -0.25) is 9.36 Å². The Bertz CT molecular complexity index is 1280. The molecule has 1 aliphatic carbocycles. The average Bonchev–Trinajstić information content (AvgIpc) is 3.56. The number of hydrogen-bond acceptors (Lipinski definition) is 4. The van der Waals surface area contributed by atoms with Gasteiger partial charge in [-0.05, 0) is 48.2 Å². The number of nitrogens with one attached hydrogen (secondary N) is 1. The van der Waals surface area contributed by atoms with Gasteiger partial charge in [0.05, 0.1) is 17.4 Å². The fourth-order valence-corrected chi connectivity index (χ4v) is 4.80. The Morgan fingerprint density at radius 2 is 1.84 bits per heavy atom. The molecule has 1 atom stereocenters. The number of halogens is 1. The van der Waals surface area contributed by atoms with Gasteiger partial charge in [-0.1, -0.05) is 66.4 Å². The Morgan fingerprint density at radius 3 is 2.66 bits per heavy atom. The number of amides is 1. The van der Waals surface area contributed by atoms with Gasteiger partial charge in [-0.25, -0.2) is 4.39 Å². The zero-order valence-electron chi connectivity index (χ0n) is 17.7. The Morgan fingerprint density at radius 1 is 1.09 bits per heavy atom. The molecule has 1 heterocycles. The van der Waals surface area contributed by atoms with Crippen LogP contribution in [0.5, 0.6) is 0 Å². The van der Waals surface area contributed by atoms with E-state index in [0.29, 0.717) is 16.5 Å². The Balaban J connectivity index is 1.30. The molecule has 5 nitrogen and oxygen atoms in total. The normalized spacial score (nSPS) is 14.4. The fourth-order valence-electron chi connectivity index (χ4n) is 3.98. The zero-order chi connectivity index (χ0) is 22.1. The molecule has 0 bridgehead atoms. The summed E-state index contributed by atoms with van der Waals surface area (Å²) in [6.07, 6.45) is 2.02. The summed E-state index contributed by atoms with van der Waals surface area (Å²) in [5.41, 5.74) is 1.53. The van der Waals surface area contributed by atoms with Crippen LogP contribution in [0.25, 0.3) is 22.2 Å². The second kappa shape index (κ2) is 8.74. The third-order valence-electron chi connectivity index (χ3n) is 5.69. The summed E-state index contributed by atoms with van der Waals surface area (Å²) < 4.78 is 16.3. The number of rotatable bonds is 7. The van der Waals surface area contributed by atoms with Crippen molar-refractivity contribution in [3.63, 3.8) is 0 Å². The highest BCUT2D eigenvalue weighted by Crippen LogP contribution is 2.41. The number of carbonyl (C=O) groups excluding carboxylic acids is 1. The van der Waals surface area contributed by atoms with Gasteiger partial charge in [0.25, 0.3) is 0 Å². The molecule has 4 aromatic rings. The first-order chi connectivity index (χ1) is 15.6. The minimum atomic E-state index is -0.319. The Labute approximate surface area is 190 Å². The summed E-state index contributed by atoms with van der Waals surface area (Å²) in [5, 5.41) is 14.6. The van der Waals surface area contributed by atoms with Crippen LogP contribution in [0.3, 0.4) is 0 Å². The van der Waals surface area contributed by atoms with E-state index in [2.05, 4.69) is 33.7 Å². The van der Waals surface area contributed by atoms with Gasteiger partial charge in [-0.15, -0.1) is 10.2 Å². The number of benzene rings is 3. The lowest BCUT2D eigenvalue weighted by molar-refractivity contribution is -0.119. The van der Waals surface area contributed by atoms with Crippen LogP contribution in [-0.4, -0.2) is 26.4 Å². The molecule has 0 aliphatic heterocycles. The number of thioether (sulfide) groups is 1. The molecule has 1 amide bonds. The van der Waals surface area contributed by atoms with E-state index in [1.54, 1.807) is 18.2 Å². The molecule has 32 heavy (non-hydrogen) atoms. The van der Waals surface area contributed by atoms with Crippen molar-refractivity contribution in [2.24, 2.45) is 0 Å². The number of carbonyl (C=O) groups is 1. The third kappa shape index (κ3) is 4.12. The van der Waals surface area contributed by atoms with Crippen molar-refractivity contribution in [1.82, 2.24) is 20.1 Å². The summed E-state index contributed by atoms with van der Waals surface area (Å²) in [6, 6.07) is 21.0. The fraction of sp³-hybridized carbons (Fsp3) is 0.240. The smallest absolute Gasteiger partial charge is 0.230 e. The predicted octanol–water partition coefficient (Wildman–Crippen LogP) is 5.54. The molecule has 0 saturated heterocycles. The SMILES string of the molecule is C[C@H](NC(=O)CSc1nnc(-c2ccccc2F)n1C1CC1)c1cccc2ccccc12. The second-order valence-corrected chi connectivity index (χ2v) is 8.98. The molecular weight excluding hydrogens is 423 g/mol. The standard InChI is InChI=1S/C25H23FN4OS/c1-16(19-11-6-8-17-7-2-3-9-20(17)19)27-23(31)15-32-25-29-28-24(30(25)18-13-14-18)21-10-4-5-12-22(21)26/h2-12,16,18H,13-15H2,1H3,(H,27,31)/t16-/m0/s1. The number of fused-ring (bicyclic) bond motifs is 1. The molecule has 1 aliphatic rings. The first kappa shape index (κ1) is 20.7. The lowest BCUT2D eigenvalue weighted by atomic mass is 10.00. The molecule has 5 rings (SSSR count). The molecule has 1 saturated carbocycles. The van der Waals surface area contributed by atoms with E-state index in [4.69, 9.17) is 0 Å². The highest BCUT2D eigenvalue weighted by Gasteiger charge is 2.31. The average molecular weight is 447 g/mol. The molecule has 0 unspecified atom stereocenters. The molecule has 0 spiro atoms. The van der Waals surface area contributed by atoms with E-state index in [-0.39, 0.29) is 29.6 Å². The van der Waals surface area contributed by atoms with Crippen molar-refractivity contribution >= 4 is 28.4 Å². The van der Waals surface area contributed by atoms with E-state index in [1.165, 1.54) is 17.8 Å². The van der Waals surface area contributed by atoms with Gasteiger partial charge in [0.15, 0.2) is 11.0 Å². The van der Waals surface area contributed by atoms with E-state index >= 15 is 0 Å². The number of nitrogens with zero attached hydrogens (tertiary/aromatic N) is 3. The maximum absolute atomic E-state index is 14.3. The minimum absolute atomic E-state index is 0.0757. The molecule has 0 radical (unpaired) electrons. The molecule has 1 fully saturated rings. The first-order valence-electron chi connectivity index (χ1n) is 10.7. The van der Waals surface area contributed by atoms with Gasteiger partial charge in [0.2, 0.25) is 5.91 Å². The van der Waals surface area contributed by atoms with Crippen molar-refractivity contribution in [2.45, 2.75) is 37.0 Å². The summed E-state index contributed by atoms with van der Waals surface area (Å²) in [7, 11) is 0. The largest absolute Gasteiger partial charge is 0.349 e. The quantitative estimate of drug-likeness (QED) is 0.379. The molecule has 162 valence electrons. The summed E-state index contributed by atoms with van der Waals surface area (Å²) in [5.74, 6) is 0.350. The molecule has 1 N–H and O–H groups in total. The van der Waals surface area contributed by atoms with Crippen molar-refractivity contribution in [3.8, 4) is 11.4 Å². The third-order valence-corrected chi connectivity index (χ3v) is 6.63. The van der Waals surface area contributed by atoms with Gasteiger partial charge in [0.1, 0.15) is 5.82 Å². The van der Waals surface area contributed by atoms with Crippen molar-refractivity contribution in [1.29, 1.82) is 0 Å². The maximum Gasteiger partial charge on any atom is 0.230 e. The minimum Gasteiger partial charge on any atom is -0.349 e. The lowest BCUT2D eigenvalue weighted by Gasteiger charge is -2.16. The van der Waals surface area contributed by atoms with Gasteiger partial charge >= 0.3 is 0 Å². The van der Waals surface area contributed by atoms with Crippen LogP contribution < -0.4 is 5.32 Å². The van der Waals surface area contributed by atoms with Crippen molar-refractivity contribution < 1.29 is 9.18 Å². The molecule has 3 aromatic carbocycles. The molecule has 7 heteroatoms. The second-order valence-electron chi connectivity index (χ2n) is 8.03. The molecular formula is C25H23FN4OS. The van der Waals surface area contributed by atoms with Crippen molar-refractivity contribution in [3.05, 3.63) is 78.1 Å². The highest BCUT2D eigenvalue weighted by atomic mass is 32.2. The van der Waals surface area contributed by atoms with Gasteiger partial charge in [-0.2, -0.15) is 0 Å². The van der Waals surface area contributed by atoms with E-state index in [1.807, 2.05) is 35.8 Å². The summed E-state index contributed by atoms with van der Waals surface area (Å²) in [4.78, 5) is 12.7. The van der Waals surface area contributed by atoms with Crippen LogP contribution in [0.1, 0.15) is 37.4 Å². The van der Waals surface area contributed by atoms with E-state index < -0.39 is 0 Å². The predicted molar refractivity (Wildman–Crippen MR) is 125 cm³/mol. The Kier molecular flexibility index (Phi) is 5.66.